The average molecular weight is 391 g/mol. The Morgan fingerprint density at radius 1 is 1.07 bits per heavy atom. The van der Waals surface area contributed by atoms with Crippen LogP contribution in [-0.2, 0) is 11.2 Å². The van der Waals surface area contributed by atoms with E-state index >= 15 is 0 Å². The maximum absolute atomic E-state index is 12.7. The van der Waals surface area contributed by atoms with Crippen LogP contribution >= 0.6 is 11.6 Å². The maximum Gasteiger partial charge on any atom is 0.201 e. The highest BCUT2D eigenvalue weighted by atomic mass is 35.5. The van der Waals surface area contributed by atoms with Gasteiger partial charge in [0.15, 0.2) is 11.4 Å². The number of hydrogen-bond acceptors (Lipinski definition) is 4. The number of para-hydroxylation sites is 2. The third-order valence-electron chi connectivity index (χ3n) is 5.45. The van der Waals surface area contributed by atoms with Gasteiger partial charge in [0.1, 0.15) is 11.6 Å². The predicted molar refractivity (Wildman–Crippen MR) is 110 cm³/mol. The lowest BCUT2D eigenvalue weighted by molar-refractivity contribution is -0.116. The number of carbonyl (C=O) groups excluding carboxylic acids is 1. The van der Waals surface area contributed by atoms with Gasteiger partial charge in [-0.3, -0.25) is 9.79 Å². The zero-order valence-corrected chi connectivity index (χ0v) is 16.1. The molecule has 3 aromatic rings. The molecule has 2 aromatic carbocycles. The molecule has 1 unspecified atom stereocenters. The molecule has 28 heavy (non-hydrogen) atoms. The number of carbonyl (C=O) groups is 1. The summed E-state index contributed by atoms with van der Waals surface area (Å²) in [7, 11) is 0. The van der Waals surface area contributed by atoms with E-state index < -0.39 is 0 Å². The summed E-state index contributed by atoms with van der Waals surface area (Å²) < 4.78 is 5.89. The van der Waals surface area contributed by atoms with E-state index in [0.29, 0.717) is 23.8 Å². The highest BCUT2D eigenvalue weighted by Gasteiger charge is 2.32. The summed E-state index contributed by atoms with van der Waals surface area (Å²) in [5.41, 5.74) is 5.76. The second-order valence-corrected chi connectivity index (χ2v) is 7.81. The van der Waals surface area contributed by atoms with Crippen molar-refractivity contribution in [3.05, 3.63) is 76.2 Å². The molecule has 1 aromatic heterocycles. The van der Waals surface area contributed by atoms with E-state index in [1.54, 1.807) is 0 Å². The molecule has 0 bridgehead atoms. The molecule has 0 radical (unpaired) electrons. The van der Waals surface area contributed by atoms with Gasteiger partial charge < -0.3 is 4.42 Å². The second kappa shape index (κ2) is 7.02. The van der Waals surface area contributed by atoms with E-state index in [4.69, 9.17) is 21.0 Å². The number of benzene rings is 2. The SMILES string of the molecule is O=C1CCCC2=C1C(c1ccc(Cl)cc1)N=C(Cc1nc3ccccc3o1)C2. The number of rotatable bonds is 3. The molecular weight excluding hydrogens is 372 g/mol. The summed E-state index contributed by atoms with van der Waals surface area (Å²) in [5.74, 6) is 0.895. The van der Waals surface area contributed by atoms with Crippen molar-refractivity contribution in [2.45, 2.75) is 38.1 Å². The van der Waals surface area contributed by atoms with Crippen molar-refractivity contribution in [1.82, 2.24) is 4.98 Å². The first kappa shape index (κ1) is 17.4. The quantitative estimate of drug-likeness (QED) is 0.579. The molecule has 0 fully saturated rings. The fourth-order valence-electron chi connectivity index (χ4n) is 4.16. The van der Waals surface area contributed by atoms with Gasteiger partial charge in [0.2, 0.25) is 5.89 Å². The zero-order valence-electron chi connectivity index (χ0n) is 15.3. The summed E-state index contributed by atoms with van der Waals surface area (Å²) in [4.78, 5) is 22.2. The van der Waals surface area contributed by atoms with Crippen molar-refractivity contribution in [1.29, 1.82) is 0 Å². The van der Waals surface area contributed by atoms with E-state index in [1.165, 1.54) is 5.57 Å². The molecule has 5 heteroatoms. The number of halogens is 1. The number of aliphatic imine (C=N–C) groups is 1. The van der Waals surface area contributed by atoms with Gasteiger partial charge >= 0.3 is 0 Å². The van der Waals surface area contributed by atoms with Gasteiger partial charge in [0, 0.05) is 29.1 Å². The van der Waals surface area contributed by atoms with Crippen LogP contribution in [0.2, 0.25) is 5.02 Å². The number of allylic oxidation sites excluding steroid dienone is 1. The van der Waals surface area contributed by atoms with Crippen molar-refractivity contribution in [3.63, 3.8) is 0 Å². The lowest BCUT2D eigenvalue weighted by atomic mass is 9.79. The average Bonchev–Trinajstić information content (AvgIpc) is 3.10. The number of nitrogens with zero attached hydrogens (tertiary/aromatic N) is 2. The van der Waals surface area contributed by atoms with Crippen LogP contribution in [0.25, 0.3) is 11.1 Å². The minimum absolute atomic E-state index is 0.228. The van der Waals surface area contributed by atoms with Gasteiger partial charge in [-0.25, -0.2) is 4.98 Å². The summed E-state index contributed by atoms with van der Waals surface area (Å²) in [6.45, 7) is 0. The standard InChI is InChI=1S/C23H19ClN2O2/c24-16-10-8-14(9-11-16)23-22-15(4-3-6-19(22)27)12-17(25-23)13-21-26-18-5-1-2-7-20(18)28-21/h1-2,5,7-11,23H,3-4,6,12-13H2. The minimum Gasteiger partial charge on any atom is -0.440 e. The predicted octanol–water partition coefficient (Wildman–Crippen LogP) is 5.66. The Bertz CT molecular complexity index is 1090. The molecule has 1 aliphatic heterocycles. The molecule has 0 N–H and O–H groups in total. The summed E-state index contributed by atoms with van der Waals surface area (Å²) >= 11 is 6.06. The largest absolute Gasteiger partial charge is 0.440 e. The van der Waals surface area contributed by atoms with Crippen molar-refractivity contribution in [2.75, 3.05) is 0 Å². The van der Waals surface area contributed by atoms with Crippen LogP contribution in [-0.4, -0.2) is 16.5 Å². The van der Waals surface area contributed by atoms with Crippen molar-refractivity contribution in [3.8, 4) is 0 Å². The van der Waals surface area contributed by atoms with Crippen LogP contribution in [0.1, 0.15) is 43.2 Å². The van der Waals surface area contributed by atoms with Crippen molar-refractivity contribution >= 4 is 34.2 Å². The highest BCUT2D eigenvalue weighted by Crippen LogP contribution is 2.40. The topological polar surface area (TPSA) is 55.5 Å². The Morgan fingerprint density at radius 3 is 2.71 bits per heavy atom. The molecular formula is C23H19ClN2O2. The molecule has 5 rings (SSSR count). The first-order valence-corrected chi connectivity index (χ1v) is 9.96. The Hall–Kier alpha value is -2.72. The Morgan fingerprint density at radius 2 is 1.89 bits per heavy atom. The van der Waals surface area contributed by atoms with Crippen molar-refractivity contribution in [2.24, 2.45) is 4.99 Å². The van der Waals surface area contributed by atoms with Gasteiger partial charge in [0.05, 0.1) is 6.42 Å². The summed E-state index contributed by atoms with van der Waals surface area (Å²) in [6, 6.07) is 15.1. The zero-order chi connectivity index (χ0) is 19.1. The Balaban J connectivity index is 1.52. The van der Waals surface area contributed by atoms with Gasteiger partial charge in [-0.05, 0) is 42.7 Å². The lowest BCUT2D eigenvalue weighted by Crippen LogP contribution is -2.24. The fraction of sp³-hybridized carbons (Fsp3) is 0.261. The lowest BCUT2D eigenvalue weighted by Gasteiger charge is -2.29. The highest BCUT2D eigenvalue weighted by molar-refractivity contribution is 6.30. The minimum atomic E-state index is -0.256. The number of hydrogen-bond donors (Lipinski definition) is 0. The first-order valence-electron chi connectivity index (χ1n) is 9.58. The van der Waals surface area contributed by atoms with Crippen LogP contribution in [0, 0.1) is 0 Å². The van der Waals surface area contributed by atoms with Crippen molar-refractivity contribution < 1.29 is 9.21 Å². The van der Waals surface area contributed by atoms with Gasteiger partial charge in [0.25, 0.3) is 0 Å². The normalized spacial score (nSPS) is 19.7. The molecule has 0 amide bonds. The number of aromatic nitrogens is 1. The fourth-order valence-corrected chi connectivity index (χ4v) is 4.29. The molecule has 4 nitrogen and oxygen atoms in total. The molecule has 2 aliphatic rings. The van der Waals surface area contributed by atoms with Gasteiger partial charge in [-0.15, -0.1) is 0 Å². The number of ketones is 1. The van der Waals surface area contributed by atoms with Crippen LogP contribution in [0.3, 0.4) is 0 Å². The van der Waals surface area contributed by atoms with Gasteiger partial charge in [-0.2, -0.15) is 0 Å². The van der Waals surface area contributed by atoms with E-state index in [-0.39, 0.29) is 11.8 Å². The third kappa shape index (κ3) is 3.18. The molecule has 0 saturated heterocycles. The van der Waals surface area contributed by atoms with E-state index in [0.717, 1.165) is 47.2 Å². The number of fused-ring (bicyclic) bond motifs is 1. The molecule has 1 aliphatic carbocycles. The monoisotopic (exact) mass is 390 g/mol. The molecule has 1 atom stereocenters. The molecule has 0 spiro atoms. The smallest absolute Gasteiger partial charge is 0.201 e. The summed E-state index contributed by atoms with van der Waals surface area (Å²) in [5, 5.41) is 0.680. The number of oxazole rings is 1. The van der Waals surface area contributed by atoms with E-state index in [1.807, 2.05) is 48.5 Å². The molecule has 2 heterocycles. The Labute approximate surface area is 167 Å². The van der Waals surface area contributed by atoms with Crippen LogP contribution in [0.15, 0.2) is 69.1 Å². The number of dihydropyridines is 1. The molecule has 140 valence electrons. The van der Waals surface area contributed by atoms with Crippen LogP contribution in [0.5, 0.6) is 0 Å². The van der Waals surface area contributed by atoms with Crippen LogP contribution in [0.4, 0.5) is 0 Å². The first-order chi connectivity index (χ1) is 13.7. The third-order valence-corrected chi connectivity index (χ3v) is 5.70. The molecule has 0 saturated carbocycles. The van der Waals surface area contributed by atoms with E-state index in [2.05, 4.69) is 4.98 Å². The van der Waals surface area contributed by atoms with E-state index in [9.17, 15) is 4.79 Å². The maximum atomic E-state index is 12.7. The number of Topliss-reactive ketones (excluding diaryl/α,β-unsaturated/α-hetero) is 1. The Kier molecular flexibility index (Phi) is 4.36. The van der Waals surface area contributed by atoms with Crippen LogP contribution < -0.4 is 0 Å². The second-order valence-electron chi connectivity index (χ2n) is 7.37. The van der Waals surface area contributed by atoms with Gasteiger partial charge in [-0.1, -0.05) is 41.4 Å². The summed E-state index contributed by atoms with van der Waals surface area (Å²) in [6.07, 6.45) is 3.77.